The number of benzene rings is 2. The molecule has 3 heteroatoms. The Bertz CT molecular complexity index is 549. The monoisotopic (exact) mass is 260 g/mol. The number of nitrogens with two attached hydrogens (primary N) is 1. The fourth-order valence-corrected chi connectivity index (χ4v) is 2.80. The van der Waals surface area contributed by atoms with Crippen molar-refractivity contribution in [1.82, 2.24) is 5.43 Å². The Morgan fingerprint density at radius 1 is 1.05 bits per heavy atom. The second-order valence-corrected chi connectivity index (χ2v) is 4.90. The largest absolute Gasteiger partial charge is 0.271 e. The van der Waals surface area contributed by atoms with Gasteiger partial charge in [-0.25, -0.2) is 4.39 Å². The number of hydrazine groups is 1. The van der Waals surface area contributed by atoms with Crippen molar-refractivity contribution in [2.24, 2.45) is 11.8 Å². The Hall–Kier alpha value is -1.45. The standard InChI is InChI=1S/C16H21FN2/c1-3-11(4-2)16(19-18)14-9-10-15(17)13-8-6-5-7-12(13)14/h5-11,16,19H,3-4,18H2,1-2H3. The number of hydrogen-bond acceptors (Lipinski definition) is 2. The lowest BCUT2D eigenvalue weighted by atomic mass is 9.87. The molecule has 2 nitrogen and oxygen atoms in total. The second-order valence-electron chi connectivity index (χ2n) is 4.90. The van der Waals surface area contributed by atoms with Gasteiger partial charge >= 0.3 is 0 Å². The molecule has 0 aliphatic carbocycles. The molecule has 2 rings (SSSR count). The Balaban J connectivity index is 2.57. The zero-order chi connectivity index (χ0) is 13.8. The van der Waals surface area contributed by atoms with E-state index in [1.54, 1.807) is 0 Å². The van der Waals surface area contributed by atoms with Crippen molar-refractivity contribution in [1.29, 1.82) is 0 Å². The average molecular weight is 260 g/mol. The van der Waals surface area contributed by atoms with Crippen molar-refractivity contribution < 1.29 is 4.39 Å². The number of hydrogen-bond donors (Lipinski definition) is 2. The van der Waals surface area contributed by atoms with E-state index >= 15 is 0 Å². The minimum absolute atomic E-state index is 0.0560. The van der Waals surface area contributed by atoms with Gasteiger partial charge in [-0.05, 0) is 22.9 Å². The van der Waals surface area contributed by atoms with Gasteiger partial charge in [0.25, 0.3) is 0 Å². The van der Waals surface area contributed by atoms with E-state index in [9.17, 15) is 4.39 Å². The van der Waals surface area contributed by atoms with Gasteiger partial charge in [-0.15, -0.1) is 0 Å². The number of halogens is 1. The van der Waals surface area contributed by atoms with Crippen LogP contribution >= 0.6 is 0 Å². The highest BCUT2D eigenvalue weighted by Gasteiger charge is 2.21. The van der Waals surface area contributed by atoms with Crippen LogP contribution in [0.1, 0.15) is 38.3 Å². The Morgan fingerprint density at radius 3 is 2.26 bits per heavy atom. The van der Waals surface area contributed by atoms with E-state index < -0.39 is 0 Å². The molecule has 0 radical (unpaired) electrons. The first kappa shape index (κ1) is 14.0. The summed E-state index contributed by atoms with van der Waals surface area (Å²) in [5, 5.41) is 1.60. The molecule has 0 heterocycles. The molecule has 0 aliphatic heterocycles. The van der Waals surface area contributed by atoms with Crippen LogP contribution in [0, 0.1) is 11.7 Å². The molecule has 1 unspecified atom stereocenters. The lowest BCUT2D eigenvalue weighted by Gasteiger charge is -2.26. The summed E-state index contributed by atoms with van der Waals surface area (Å²) in [7, 11) is 0. The molecular weight excluding hydrogens is 239 g/mol. The van der Waals surface area contributed by atoms with Gasteiger partial charge in [0, 0.05) is 11.4 Å². The summed E-state index contributed by atoms with van der Waals surface area (Å²) in [6.45, 7) is 4.31. The molecule has 0 saturated heterocycles. The maximum atomic E-state index is 13.8. The predicted octanol–water partition coefficient (Wildman–Crippen LogP) is 3.92. The fourth-order valence-electron chi connectivity index (χ4n) is 2.80. The third-order valence-electron chi connectivity index (χ3n) is 3.94. The van der Waals surface area contributed by atoms with Crippen molar-refractivity contribution in [2.75, 3.05) is 0 Å². The molecule has 0 saturated carbocycles. The highest BCUT2D eigenvalue weighted by Crippen LogP contribution is 2.32. The maximum absolute atomic E-state index is 13.8. The van der Waals surface area contributed by atoms with Gasteiger partial charge in [0.05, 0.1) is 0 Å². The van der Waals surface area contributed by atoms with E-state index in [2.05, 4.69) is 19.3 Å². The second kappa shape index (κ2) is 6.13. The molecule has 0 spiro atoms. The molecule has 1 atom stereocenters. The van der Waals surface area contributed by atoms with E-state index in [1.165, 1.54) is 6.07 Å². The van der Waals surface area contributed by atoms with Crippen LogP contribution in [0.4, 0.5) is 4.39 Å². The summed E-state index contributed by atoms with van der Waals surface area (Å²) >= 11 is 0. The van der Waals surface area contributed by atoms with Gasteiger partial charge in [-0.3, -0.25) is 11.3 Å². The first-order valence-corrected chi connectivity index (χ1v) is 6.86. The van der Waals surface area contributed by atoms with E-state index in [-0.39, 0.29) is 11.9 Å². The molecule has 0 amide bonds. The van der Waals surface area contributed by atoms with Crippen molar-refractivity contribution in [3.8, 4) is 0 Å². The van der Waals surface area contributed by atoms with Crippen LogP contribution in [0.15, 0.2) is 36.4 Å². The Labute approximate surface area is 113 Å². The van der Waals surface area contributed by atoms with Crippen molar-refractivity contribution in [3.63, 3.8) is 0 Å². The fraction of sp³-hybridized carbons (Fsp3) is 0.375. The first-order valence-electron chi connectivity index (χ1n) is 6.86. The average Bonchev–Trinajstić information content (AvgIpc) is 2.46. The van der Waals surface area contributed by atoms with Gasteiger partial charge in [0.15, 0.2) is 0 Å². The zero-order valence-corrected chi connectivity index (χ0v) is 11.5. The maximum Gasteiger partial charge on any atom is 0.131 e. The molecule has 0 aromatic heterocycles. The van der Waals surface area contributed by atoms with Crippen LogP contribution in [0.25, 0.3) is 10.8 Å². The predicted molar refractivity (Wildman–Crippen MR) is 78.0 cm³/mol. The van der Waals surface area contributed by atoms with Crippen LogP contribution in [0.2, 0.25) is 0 Å². The van der Waals surface area contributed by atoms with E-state index in [0.717, 1.165) is 23.8 Å². The molecule has 102 valence electrons. The topological polar surface area (TPSA) is 38.0 Å². The third-order valence-corrected chi connectivity index (χ3v) is 3.94. The van der Waals surface area contributed by atoms with Crippen LogP contribution in [-0.4, -0.2) is 0 Å². The van der Waals surface area contributed by atoms with Gasteiger partial charge in [-0.1, -0.05) is 57.0 Å². The van der Waals surface area contributed by atoms with Crippen molar-refractivity contribution in [3.05, 3.63) is 47.8 Å². The van der Waals surface area contributed by atoms with E-state index in [4.69, 9.17) is 5.84 Å². The summed E-state index contributed by atoms with van der Waals surface area (Å²) in [5.74, 6) is 6.00. The van der Waals surface area contributed by atoms with Crippen LogP contribution in [0.5, 0.6) is 0 Å². The lowest BCUT2D eigenvalue weighted by Crippen LogP contribution is -2.33. The molecule has 3 N–H and O–H groups in total. The molecule has 19 heavy (non-hydrogen) atoms. The van der Waals surface area contributed by atoms with Gasteiger partial charge < -0.3 is 0 Å². The van der Waals surface area contributed by atoms with E-state index in [1.807, 2.05) is 30.3 Å². The van der Waals surface area contributed by atoms with Gasteiger partial charge in [0.1, 0.15) is 5.82 Å². The quantitative estimate of drug-likeness (QED) is 0.631. The molecule has 0 aliphatic rings. The number of nitrogens with one attached hydrogen (secondary N) is 1. The SMILES string of the molecule is CCC(CC)C(NN)c1ccc(F)c2ccccc12. The zero-order valence-electron chi connectivity index (χ0n) is 11.5. The lowest BCUT2D eigenvalue weighted by molar-refractivity contribution is 0.347. The molecule has 0 bridgehead atoms. The minimum atomic E-state index is -0.181. The highest BCUT2D eigenvalue weighted by molar-refractivity contribution is 5.86. The summed E-state index contributed by atoms with van der Waals surface area (Å²) in [5.41, 5.74) is 3.99. The smallest absolute Gasteiger partial charge is 0.131 e. The van der Waals surface area contributed by atoms with Crippen molar-refractivity contribution in [2.45, 2.75) is 32.7 Å². The van der Waals surface area contributed by atoms with Gasteiger partial charge in [0.2, 0.25) is 0 Å². The summed E-state index contributed by atoms with van der Waals surface area (Å²) in [4.78, 5) is 0. The summed E-state index contributed by atoms with van der Waals surface area (Å²) < 4.78 is 13.8. The molecule has 2 aromatic rings. The van der Waals surface area contributed by atoms with Crippen LogP contribution < -0.4 is 11.3 Å². The molecule has 0 fully saturated rings. The Kier molecular flexibility index (Phi) is 4.51. The minimum Gasteiger partial charge on any atom is -0.271 e. The number of fused-ring (bicyclic) bond motifs is 1. The molecule has 2 aromatic carbocycles. The summed E-state index contributed by atoms with van der Waals surface area (Å²) in [6.07, 6.45) is 2.08. The molecular formula is C16H21FN2. The Morgan fingerprint density at radius 2 is 1.68 bits per heavy atom. The van der Waals surface area contributed by atoms with Gasteiger partial charge in [-0.2, -0.15) is 0 Å². The van der Waals surface area contributed by atoms with Crippen LogP contribution in [0.3, 0.4) is 0 Å². The highest BCUT2D eigenvalue weighted by atomic mass is 19.1. The normalized spacial score (nSPS) is 13.1. The first-order chi connectivity index (χ1) is 9.22. The van der Waals surface area contributed by atoms with Crippen LogP contribution in [-0.2, 0) is 0 Å². The number of rotatable bonds is 5. The van der Waals surface area contributed by atoms with E-state index in [0.29, 0.717) is 11.3 Å². The van der Waals surface area contributed by atoms with Crippen molar-refractivity contribution >= 4 is 10.8 Å². The summed E-state index contributed by atoms with van der Waals surface area (Å²) in [6, 6.07) is 11.0. The third kappa shape index (κ3) is 2.62.